The second-order valence-electron chi connectivity index (χ2n) is 6.93. The number of carbonyl (C=O) groups excluding carboxylic acids is 1. The second kappa shape index (κ2) is 8.16. The zero-order chi connectivity index (χ0) is 19.4. The molecule has 140 valence electrons. The van der Waals surface area contributed by atoms with Gasteiger partial charge in [-0.25, -0.2) is 0 Å². The first kappa shape index (κ1) is 18.8. The third-order valence-corrected chi connectivity index (χ3v) is 4.97. The minimum atomic E-state index is -0.964. The van der Waals surface area contributed by atoms with E-state index in [1.54, 1.807) is 6.07 Å². The molecule has 1 aliphatic rings. The van der Waals surface area contributed by atoms with Gasteiger partial charge in [0.2, 0.25) is 0 Å². The number of hydrogen-bond donors (Lipinski definition) is 2. The van der Waals surface area contributed by atoms with Crippen LogP contribution in [0.1, 0.15) is 52.7 Å². The fourth-order valence-corrected chi connectivity index (χ4v) is 3.59. The predicted octanol–water partition coefficient (Wildman–Crippen LogP) is 3.91. The van der Waals surface area contributed by atoms with E-state index in [0.717, 1.165) is 41.5 Å². The van der Waals surface area contributed by atoms with Gasteiger partial charge >= 0.3 is 11.9 Å². The lowest BCUT2D eigenvalue weighted by Gasteiger charge is -2.21. The number of Topliss-reactive ketones (excluding diaryl/α,β-unsaturated/α-hetero) is 1. The lowest BCUT2D eigenvalue weighted by atomic mass is 9.83. The minimum Gasteiger partial charge on any atom is -0.481 e. The molecule has 0 heterocycles. The summed E-state index contributed by atoms with van der Waals surface area (Å²) in [5.74, 6) is -1.87. The van der Waals surface area contributed by atoms with E-state index in [4.69, 9.17) is 10.2 Å². The normalized spacial score (nSPS) is 12.1. The van der Waals surface area contributed by atoms with Crippen LogP contribution in [0.15, 0.2) is 36.4 Å². The van der Waals surface area contributed by atoms with Gasteiger partial charge in [0.05, 0.1) is 6.42 Å². The van der Waals surface area contributed by atoms with Gasteiger partial charge < -0.3 is 10.2 Å². The van der Waals surface area contributed by atoms with Gasteiger partial charge in [-0.2, -0.15) is 0 Å². The van der Waals surface area contributed by atoms with Crippen molar-refractivity contribution < 1.29 is 24.6 Å². The van der Waals surface area contributed by atoms with Gasteiger partial charge in [0, 0.05) is 18.4 Å². The predicted molar refractivity (Wildman–Crippen MR) is 101 cm³/mol. The number of ketones is 1. The SMILES string of the molecule is O=C(O)CCCc1ccc2c(c1)CCc1cc(C(=O)CCC(=O)O)ccc1-2. The van der Waals surface area contributed by atoms with Crippen LogP contribution in [0.4, 0.5) is 0 Å². The molecule has 0 bridgehead atoms. The van der Waals surface area contributed by atoms with Crippen LogP contribution in [-0.4, -0.2) is 27.9 Å². The van der Waals surface area contributed by atoms with E-state index in [-0.39, 0.29) is 25.0 Å². The number of carboxylic acids is 2. The lowest BCUT2D eigenvalue weighted by Crippen LogP contribution is -2.08. The zero-order valence-corrected chi connectivity index (χ0v) is 15.0. The molecule has 5 heteroatoms. The Hall–Kier alpha value is -2.95. The standard InChI is InChI=1S/C22H22O5/c23-20(10-11-22(26)27)17-7-9-19-16(13-17)6-5-15-12-14(4-8-18(15)19)2-1-3-21(24)25/h4,7-9,12-13H,1-3,5-6,10-11H2,(H,24,25)(H,26,27). The van der Waals surface area contributed by atoms with Crippen molar-refractivity contribution in [1.82, 2.24) is 0 Å². The van der Waals surface area contributed by atoms with Crippen LogP contribution in [0, 0.1) is 0 Å². The molecule has 2 aromatic rings. The van der Waals surface area contributed by atoms with Crippen molar-refractivity contribution in [1.29, 1.82) is 0 Å². The van der Waals surface area contributed by atoms with Gasteiger partial charge in [0.15, 0.2) is 5.78 Å². The highest BCUT2D eigenvalue weighted by Gasteiger charge is 2.18. The van der Waals surface area contributed by atoms with E-state index in [1.165, 1.54) is 5.56 Å². The molecular weight excluding hydrogens is 344 g/mol. The number of hydrogen-bond acceptors (Lipinski definition) is 3. The van der Waals surface area contributed by atoms with E-state index in [0.29, 0.717) is 12.0 Å². The summed E-state index contributed by atoms with van der Waals surface area (Å²) < 4.78 is 0. The third-order valence-electron chi connectivity index (χ3n) is 4.97. The van der Waals surface area contributed by atoms with Crippen molar-refractivity contribution in [3.8, 4) is 11.1 Å². The number of benzene rings is 2. The molecule has 0 saturated carbocycles. The molecule has 1 aliphatic carbocycles. The molecule has 3 rings (SSSR count). The summed E-state index contributed by atoms with van der Waals surface area (Å²) in [5.41, 5.74) is 6.36. The van der Waals surface area contributed by atoms with Crippen molar-refractivity contribution >= 4 is 17.7 Å². The smallest absolute Gasteiger partial charge is 0.303 e. The quantitative estimate of drug-likeness (QED) is 0.691. The highest BCUT2D eigenvalue weighted by atomic mass is 16.4. The Morgan fingerprint density at radius 2 is 1.41 bits per heavy atom. The largest absolute Gasteiger partial charge is 0.481 e. The fraction of sp³-hybridized carbons (Fsp3) is 0.318. The number of fused-ring (bicyclic) bond motifs is 3. The van der Waals surface area contributed by atoms with E-state index in [2.05, 4.69) is 12.1 Å². The van der Waals surface area contributed by atoms with E-state index < -0.39 is 11.9 Å². The molecule has 5 nitrogen and oxygen atoms in total. The Labute approximate surface area is 157 Å². The molecule has 0 fully saturated rings. The Balaban J connectivity index is 1.77. The van der Waals surface area contributed by atoms with Crippen molar-refractivity contribution in [3.63, 3.8) is 0 Å². The summed E-state index contributed by atoms with van der Waals surface area (Å²) >= 11 is 0. The van der Waals surface area contributed by atoms with Gasteiger partial charge in [-0.1, -0.05) is 30.3 Å². The molecule has 0 unspecified atom stereocenters. The average molecular weight is 366 g/mol. The minimum absolute atomic E-state index is 0.0183. The Bertz CT molecular complexity index is 898. The van der Waals surface area contributed by atoms with E-state index >= 15 is 0 Å². The van der Waals surface area contributed by atoms with Crippen LogP contribution < -0.4 is 0 Å². The van der Waals surface area contributed by atoms with Crippen molar-refractivity contribution in [2.45, 2.75) is 44.9 Å². The van der Waals surface area contributed by atoms with Gasteiger partial charge in [-0.15, -0.1) is 0 Å². The number of aliphatic carboxylic acids is 2. The summed E-state index contributed by atoms with van der Waals surface area (Å²) in [6.07, 6.45) is 3.14. The third kappa shape index (κ3) is 4.61. The topological polar surface area (TPSA) is 91.7 Å². The summed E-state index contributed by atoms with van der Waals surface area (Å²) in [6.45, 7) is 0. The van der Waals surface area contributed by atoms with Crippen LogP contribution in [0.3, 0.4) is 0 Å². The summed E-state index contributed by atoms with van der Waals surface area (Å²) in [6, 6.07) is 11.9. The molecule has 0 saturated heterocycles. The number of aryl methyl sites for hydroxylation is 3. The highest BCUT2D eigenvalue weighted by Crippen LogP contribution is 2.35. The number of carboxylic acid groups (broad SMARTS) is 2. The summed E-state index contributed by atoms with van der Waals surface area (Å²) in [4.78, 5) is 33.5. The molecule has 0 spiro atoms. The molecule has 0 atom stereocenters. The molecule has 0 aliphatic heterocycles. The number of rotatable bonds is 8. The van der Waals surface area contributed by atoms with Crippen LogP contribution in [-0.2, 0) is 28.9 Å². The van der Waals surface area contributed by atoms with Crippen molar-refractivity contribution in [2.75, 3.05) is 0 Å². The molecule has 0 radical (unpaired) electrons. The first-order valence-electron chi connectivity index (χ1n) is 9.16. The molecule has 0 amide bonds. The van der Waals surface area contributed by atoms with Crippen LogP contribution in [0.2, 0.25) is 0 Å². The fourth-order valence-electron chi connectivity index (χ4n) is 3.59. The summed E-state index contributed by atoms with van der Waals surface area (Å²) in [5, 5.41) is 17.5. The van der Waals surface area contributed by atoms with Crippen LogP contribution in [0.25, 0.3) is 11.1 Å². The van der Waals surface area contributed by atoms with Gasteiger partial charge in [-0.05, 0) is 59.6 Å². The number of carbonyl (C=O) groups is 3. The van der Waals surface area contributed by atoms with E-state index in [9.17, 15) is 14.4 Å². The van der Waals surface area contributed by atoms with Gasteiger partial charge in [0.1, 0.15) is 0 Å². The van der Waals surface area contributed by atoms with Crippen LogP contribution >= 0.6 is 0 Å². The first-order valence-corrected chi connectivity index (χ1v) is 9.16. The maximum atomic E-state index is 12.2. The monoisotopic (exact) mass is 366 g/mol. The zero-order valence-electron chi connectivity index (χ0n) is 15.0. The highest BCUT2D eigenvalue weighted by molar-refractivity contribution is 5.98. The van der Waals surface area contributed by atoms with Gasteiger partial charge in [0.25, 0.3) is 0 Å². The molecule has 2 N–H and O–H groups in total. The Morgan fingerprint density at radius 3 is 2.07 bits per heavy atom. The Morgan fingerprint density at radius 1 is 0.778 bits per heavy atom. The summed E-state index contributed by atoms with van der Waals surface area (Å²) in [7, 11) is 0. The molecule has 2 aromatic carbocycles. The first-order chi connectivity index (χ1) is 12.9. The van der Waals surface area contributed by atoms with E-state index in [1.807, 2.05) is 18.2 Å². The molecule has 0 aromatic heterocycles. The maximum absolute atomic E-state index is 12.2. The van der Waals surface area contributed by atoms with Crippen LogP contribution in [0.5, 0.6) is 0 Å². The maximum Gasteiger partial charge on any atom is 0.303 e. The Kier molecular flexibility index (Phi) is 5.69. The van der Waals surface area contributed by atoms with Gasteiger partial charge in [-0.3, -0.25) is 14.4 Å². The molecule has 27 heavy (non-hydrogen) atoms. The lowest BCUT2D eigenvalue weighted by molar-refractivity contribution is -0.138. The molecular formula is C22H22O5. The van der Waals surface area contributed by atoms with Crippen molar-refractivity contribution in [2.24, 2.45) is 0 Å². The van der Waals surface area contributed by atoms with Crippen molar-refractivity contribution in [3.05, 3.63) is 58.7 Å². The second-order valence-corrected chi connectivity index (χ2v) is 6.93. The average Bonchev–Trinajstić information content (AvgIpc) is 2.65.